The molecule has 0 bridgehead atoms. The fourth-order valence-electron chi connectivity index (χ4n) is 4.30. The lowest BCUT2D eigenvalue weighted by atomic mass is 10.1. The van der Waals surface area contributed by atoms with Gasteiger partial charge < -0.3 is 4.90 Å². The van der Waals surface area contributed by atoms with E-state index in [1.807, 2.05) is 29.2 Å². The van der Waals surface area contributed by atoms with E-state index in [0.717, 1.165) is 19.6 Å². The second kappa shape index (κ2) is 10.4. The molecule has 3 aromatic carbocycles. The monoisotopic (exact) mass is 477 g/mol. The zero-order valence-corrected chi connectivity index (χ0v) is 20.5. The van der Waals surface area contributed by atoms with Gasteiger partial charge in [-0.2, -0.15) is 0 Å². The number of para-hydroxylation sites is 1. The van der Waals surface area contributed by atoms with Crippen LogP contribution < -0.4 is 4.31 Å². The zero-order valence-electron chi connectivity index (χ0n) is 19.7. The maximum atomic E-state index is 13.2. The first kappa shape index (κ1) is 24.0. The summed E-state index contributed by atoms with van der Waals surface area (Å²) in [6.07, 6.45) is 0. The second-order valence-corrected chi connectivity index (χ2v) is 10.4. The highest BCUT2D eigenvalue weighted by atomic mass is 32.2. The quantitative estimate of drug-likeness (QED) is 0.513. The molecule has 1 aliphatic heterocycles. The summed E-state index contributed by atoms with van der Waals surface area (Å²) in [5, 5.41) is 0. The van der Waals surface area contributed by atoms with Crippen molar-refractivity contribution in [1.82, 2.24) is 9.80 Å². The third-order valence-corrected chi connectivity index (χ3v) is 8.25. The summed E-state index contributed by atoms with van der Waals surface area (Å²) in [5.41, 5.74) is 3.73. The molecule has 1 fully saturated rings. The van der Waals surface area contributed by atoms with Gasteiger partial charge in [-0.3, -0.25) is 14.0 Å². The van der Waals surface area contributed by atoms with E-state index in [2.05, 4.69) is 30.0 Å². The summed E-state index contributed by atoms with van der Waals surface area (Å²) >= 11 is 0. The van der Waals surface area contributed by atoms with Gasteiger partial charge in [0.05, 0.1) is 10.6 Å². The van der Waals surface area contributed by atoms with Gasteiger partial charge in [-0.25, -0.2) is 8.42 Å². The average molecular weight is 478 g/mol. The van der Waals surface area contributed by atoms with E-state index in [1.54, 1.807) is 31.2 Å². The molecule has 6 nitrogen and oxygen atoms in total. The fourth-order valence-corrected chi connectivity index (χ4v) is 5.78. The van der Waals surface area contributed by atoms with E-state index in [9.17, 15) is 13.2 Å². The molecule has 1 saturated heterocycles. The van der Waals surface area contributed by atoms with Gasteiger partial charge in [0.2, 0.25) is 0 Å². The van der Waals surface area contributed by atoms with Crippen LogP contribution in [0.3, 0.4) is 0 Å². The molecule has 7 heteroatoms. The largest absolute Gasteiger partial charge is 0.336 e. The van der Waals surface area contributed by atoms with Gasteiger partial charge in [-0.15, -0.1) is 0 Å². The van der Waals surface area contributed by atoms with Gasteiger partial charge >= 0.3 is 0 Å². The summed E-state index contributed by atoms with van der Waals surface area (Å²) in [6, 6.07) is 23.7. The first-order valence-corrected chi connectivity index (χ1v) is 13.1. The van der Waals surface area contributed by atoms with Crippen LogP contribution in [0, 0.1) is 6.92 Å². The molecule has 3 aromatic rings. The Morgan fingerprint density at radius 1 is 0.853 bits per heavy atom. The summed E-state index contributed by atoms with van der Waals surface area (Å²) in [4.78, 5) is 17.4. The third kappa shape index (κ3) is 5.16. The van der Waals surface area contributed by atoms with Crippen LogP contribution >= 0.6 is 0 Å². The van der Waals surface area contributed by atoms with Gasteiger partial charge in [0.1, 0.15) is 0 Å². The van der Waals surface area contributed by atoms with Crippen molar-refractivity contribution in [3.8, 4) is 0 Å². The molecule has 0 aliphatic carbocycles. The van der Waals surface area contributed by atoms with E-state index < -0.39 is 10.0 Å². The van der Waals surface area contributed by atoms with Gasteiger partial charge in [-0.1, -0.05) is 42.5 Å². The van der Waals surface area contributed by atoms with Crippen molar-refractivity contribution in [2.75, 3.05) is 37.0 Å². The number of amides is 1. The highest BCUT2D eigenvalue weighted by molar-refractivity contribution is 7.92. The van der Waals surface area contributed by atoms with Crippen LogP contribution in [-0.2, 0) is 16.6 Å². The van der Waals surface area contributed by atoms with Crippen LogP contribution in [-0.4, -0.2) is 56.8 Å². The highest BCUT2D eigenvalue weighted by Gasteiger charge is 2.25. The second-order valence-electron chi connectivity index (χ2n) is 8.52. The Balaban J connectivity index is 1.40. The van der Waals surface area contributed by atoms with Crippen molar-refractivity contribution in [2.24, 2.45) is 0 Å². The Kier molecular flexibility index (Phi) is 7.34. The van der Waals surface area contributed by atoms with Gasteiger partial charge in [-0.05, 0) is 61.4 Å². The maximum Gasteiger partial charge on any atom is 0.264 e. The lowest BCUT2D eigenvalue weighted by molar-refractivity contribution is 0.0628. The van der Waals surface area contributed by atoms with Crippen molar-refractivity contribution in [1.29, 1.82) is 0 Å². The Morgan fingerprint density at radius 3 is 2.09 bits per heavy atom. The molecule has 1 heterocycles. The van der Waals surface area contributed by atoms with Crippen LogP contribution in [0.15, 0.2) is 83.8 Å². The van der Waals surface area contributed by atoms with E-state index in [-0.39, 0.29) is 10.8 Å². The molecule has 4 rings (SSSR count). The first-order valence-electron chi connectivity index (χ1n) is 11.6. The highest BCUT2D eigenvalue weighted by Crippen LogP contribution is 2.24. The standard InChI is InChI=1S/C27H31N3O3S/c1-3-30(25-11-5-4-6-12-25)34(32,33)26-15-13-23(14-16-26)27(31)29-19-17-28(18-20-29)21-24-10-8-7-9-22(24)2/h4-16H,3,17-21H2,1-2H3. The molecule has 0 spiro atoms. The number of hydrogen-bond acceptors (Lipinski definition) is 4. The molecule has 0 atom stereocenters. The van der Waals surface area contributed by atoms with Gasteiger partial charge in [0, 0.05) is 44.8 Å². The molecule has 0 N–H and O–H groups in total. The summed E-state index contributed by atoms with van der Waals surface area (Å²) in [6.45, 7) is 8.07. The number of anilines is 1. The minimum absolute atomic E-state index is 0.0603. The Hall–Kier alpha value is -3.16. The van der Waals surface area contributed by atoms with E-state index in [1.165, 1.54) is 27.6 Å². The van der Waals surface area contributed by atoms with Crippen molar-refractivity contribution in [2.45, 2.75) is 25.3 Å². The fraction of sp³-hybridized carbons (Fsp3) is 0.296. The first-order chi connectivity index (χ1) is 16.4. The molecule has 178 valence electrons. The Bertz CT molecular complexity index is 1220. The third-order valence-electron chi connectivity index (χ3n) is 6.34. The number of carbonyl (C=O) groups excluding carboxylic acids is 1. The predicted molar refractivity (Wildman–Crippen MR) is 135 cm³/mol. The number of aryl methyl sites for hydroxylation is 1. The molecule has 0 aromatic heterocycles. The molecule has 1 amide bonds. The summed E-state index contributed by atoms with van der Waals surface area (Å²) in [5.74, 6) is -0.0603. The lowest BCUT2D eigenvalue weighted by Crippen LogP contribution is -2.48. The molecular formula is C27H31N3O3S. The molecule has 0 unspecified atom stereocenters. The van der Waals surface area contributed by atoms with Crippen molar-refractivity contribution < 1.29 is 13.2 Å². The number of benzene rings is 3. The van der Waals surface area contributed by atoms with Gasteiger partial charge in [0.25, 0.3) is 15.9 Å². The molecule has 0 saturated carbocycles. The van der Waals surface area contributed by atoms with Crippen molar-refractivity contribution in [3.05, 3.63) is 95.6 Å². The smallest absolute Gasteiger partial charge is 0.264 e. The van der Waals surface area contributed by atoms with Crippen molar-refractivity contribution >= 4 is 21.6 Å². The van der Waals surface area contributed by atoms with E-state index in [4.69, 9.17) is 0 Å². The predicted octanol–water partition coefficient (Wildman–Crippen LogP) is 4.17. The van der Waals surface area contributed by atoms with Crippen LogP contribution in [0.5, 0.6) is 0 Å². The Morgan fingerprint density at radius 2 is 1.47 bits per heavy atom. The summed E-state index contributed by atoms with van der Waals surface area (Å²) < 4.78 is 27.7. The minimum atomic E-state index is -3.71. The number of hydrogen-bond donors (Lipinski definition) is 0. The van der Waals surface area contributed by atoms with Crippen LogP contribution in [0.1, 0.15) is 28.4 Å². The van der Waals surface area contributed by atoms with Crippen LogP contribution in [0.25, 0.3) is 0 Å². The zero-order chi connectivity index (χ0) is 24.1. The number of nitrogens with zero attached hydrogens (tertiary/aromatic N) is 3. The van der Waals surface area contributed by atoms with Crippen LogP contribution in [0.2, 0.25) is 0 Å². The lowest BCUT2D eigenvalue weighted by Gasteiger charge is -2.35. The number of piperazine rings is 1. The minimum Gasteiger partial charge on any atom is -0.336 e. The van der Waals surface area contributed by atoms with Crippen LogP contribution in [0.4, 0.5) is 5.69 Å². The number of carbonyl (C=O) groups is 1. The number of sulfonamides is 1. The molecule has 0 radical (unpaired) electrons. The maximum absolute atomic E-state index is 13.2. The number of rotatable bonds is 7. The molecule has 34 heavy (non-hydrogen) atoms. The Labute approximate surface area is 202 Å². The topological polar surface area (TPSA) is 60.9 Å². The van der Waals surface area contributed by atoms with E-state index >= 15 is 0 Å². The molecule has 1 aliphatic rings. The molecular weight excluding hydrogens is 446 g/mol. The summed E-state index contributed by atoms with van der Waals surface area (Å²) in [7, 11) is -3.71. The average Bonchev–Trinajstić information content (AvgIpc) is 2.86. The SMILES string of the molecule is CCN(c1ccccc1)S(=O)(=O)c1ccc(C(=O)N2CCN(Cc3ccccc3C)CC2)cc1. The van der Waals surface area contributed by atoms with Crippen molar-refractivity contribution in [3.63, 3.8) is 0 Å². The normalized spacial score (nSPS) is 14.7. The van der Waals surface area contributed by atoms with E-state index in [0.29, 0.717) is 30.9 Å². The van der Waals surface area contributed by atoms with Gasteiger partial charge in [0.15, 0.2) is 0 Å².